The number of allylic oxidation sites excluding steroid dienone is 1. The fourth-order valence-electron chi connectivity index (χ4n) is 2.69. The minimum atomic E-state index is -3.79. The second-order valence-electron chi connectivity index (χ2n) is 5.69. The average Bonchev–Trinajstić information content (AvgIpc) is 3.00. The van der Waals surface area contributed by atoms with E-state index in [4.69, 9.17) is 16.7 Å². The van der Waals surface area contributed by atoms with E-state index in [0.717, 1.165) is 5.56 Å². The van der Waals surface area contributed by atoms with Gasteiger partial charge in [-0.2, -0.15) is 10.4 Å². The zero-order valence-corrected chi connectivity index (χ0v) is 15.9. The first-order valence-electron chi connectivity index (χ1n) is 7.89. The van der Waals surface area contributed by atoms with E-state index in [0.29, 0.717) is 27.5 Å². The van der Waals surface area contributed by atoms with Crippen molar-refractivity contribution in [2.75, 3.05) is 0 Å². The first-order chi connectivity index (χ1) is 12.8. The SMILES string of the molecule is CC=Cn1nc(-c2ccc(S(N)(=O)=O)cc2)c(-c2ccc(Cl)cc2)c1C#N. The predicted molar refractivity (Wildman–Crippen MR) is 105 cm³/mol. The summed E-state index contributed by atoms with van der Waals surface area (Å²) >= 11 is 5.98. The van der Waals surface area contributed by atoms with E-state index in [1.165, 1.54) is 16.8 Å². The summed E-state index contributed by atoms with van der Waals surface area (Å²) in [6.07, 6.45) is 3.45. The summed E-state index contributed by atoms with van der Waals surface area (Å²) in [5.41, 5.74) is 2.98. The number of hydrogen-bond donors (Lipinski definition) is 1. The Morgan fingerprint density at radius 2 is 1.70 bits per heavy atom. The quantitative estimate of drug-likeness (QED) is 0.720. The molecule has 2 N–H and O–H groups in total. The summed E-state index contributed by atoms with van der Waals surface area (Å²) in [6, 6.07) is 15.3. The highest BCUT2D eigenvalue weighted by molar-refractivity contribution is 7.89. The zero-order valence-electron chi connectivity index (χ0n) is 14.3. The summed E-state index contributed by atoms with van der Waals surface area (Å²) in [5, 5.41) is 19.9. The molecule has 0 bridgehead atoms. The maximum Gasteiger partial charge on any atom is 0.238 e. The van der Waals surface area contributed by atoms with Gasteiger partial charge in [-0.25, -0.2) is 18.2 Å². The second-order valence-corrected chi connectivity index (χ2v) is 7.69. The molecule has 0 fully saturated rings. The first kappa shape index (κ1) is 18.9. The third-order valence-electron chi connectivity index (χ3n) is 3.90. The van der Waals surface area contributed by atoms with Crippen LogP contribution in [-0.2, 0) is 10.0 Å². The lowest BCUT2D eigenvalue weighted by molar-refractivity contribution is 0.598. The smallest absolute Gasteiger partial charge is 0.229 e. The van der Waals surface area contributed by atoms with Gasteiger partial charge in [-0.1, -0.05) is 41.9 Å². The molecular weight excluding hydrogens is 384 g/mol. The van der Waals surface area contributed by atoms with Crippen molar-refractivity contribution in [2.24, 2.45) is 5.14 Å². The number of halogens is 1. The van der Waals surface area contributed by atoms with Gasteiger partial charge in [-0.3, -0.25) is 0 Å². The van der Waals surface area contributed by atoms with Crippen LogP contribution < -0.4 is 5.14 Å². The Morgan fingerprint density at radius 1 is 1.11 bits per heavy atom. The van der Waals surface area contributed by atoms with Crippen LogP contribution in [0.3, 0.4) is 0 Å². The Balaban J connectivity index is 2.26. The topological polar surface area (TPSA) is 102 Å². The van der Waals surface area contributed by atoms with Crippen LogP contribution in [0, 0.1) is 11.3 Å². The highest BCUT2D eigenvalue weighted by Gasteiger charge is 2.20. The summed E-state index contributed by atoms with van der Waals surface area (Å²) < 4.78 is 24.5. The summed E-state index contributed by atoms with van der Waals surface area (Å²) in [5.74, 6) is 0. The van der Waals surface area contributed by atoms with E-state index in [1.54, 1.807) is 36.5 Å². The number of nitrogens with two attached hydrogens (primary N) is 1. The van der Waals surface area contributed by atoms with Crippen LogP contribution in [0.1, 0.15) is 12.6 Å². The molecule has 1 heterocycles. The maximum atomic E-state index is 11.5. The molecule has 2 aromatic carbocycles. The number of aromatic nitrogens is 2. The largest absolute Gasteiger partial charge is 0.238 e. The molecule has 0 aliphatic heterocycles. The van der Waals surface area contributed by atoms with Crippen molar-refractivity contribution < 1.29 is 8.42 Å². The molecule has 0 spiro atoms. The Bertz CT molecular complexity index is 1160. The number of rotatable bonds is 4. The molecule has 0 unspecified atom stereocenters. The normalized spacial score (nSPS) is 11.6. The number of primary sulfonamides is 1. The van der Waals surface area contributed by atoms with Gasteiger partial charge in [-0.05, 0) is 36.8 Å². The Morgan fingerprint density at radius 3 is 2.22 bits per heavy atom. The molecule has 0 aliphatic rings. The second kappa shape index (κ2) is 7.37. The van der Waals surface area contributed by atoms with Crippen LogP contribution in [-0.4, -0.2) is 18.2 Å². The number of sulfonamides is 1. The van der Waals surface area contributed by atoms with Gasteiger partial charge in [0.15, 0.2) is 5.69 Å². The molecule has 1 aromatic heterocycles. The number of nitrogens with zero attached hydrogens (tertiary/aromatic N) is 3. The molecule has 27 heavy (non-hydrogen) atoms. The molecule has 0 saturated carbocycles. The monoisotopic (exact) mass is 398 g/mol. The molecule has 0 aliphatic carbocycles. The molecule has 3 aromatic rings. The minimum absolute atomic E-state index is 0.00712. The molecular formula is C19H15ClN4O2S. The van der Waals surface area contributed by atoms with Gasteiger partial charge in [0.25, 0.3) is 0 Å². The number of benzene rings is 2. The Labute approximate surface area is 162 Å². The van der Waals surface area contributed by atoms with Crippen LogP contribution in [0.2, 0.25) is 5.02 Å². The maximum absolute atomic E-state index is 11.5. The van der Waals surface area contributed by atoms with Gasteiger partial charge < -0.3 is 0 Å². The molecule has 136 valence electrons. The van der Waals surface area contributed by atoms with Gasteiger partial charge >= 0.3 is 0 Å². The fraction of sp³-hybridized carbons (Fsp3) is 0.0526. The number of nitriles is 1. The van der Waals surface area contributed by atoms with E-state index >= 15 is 0 Å². The summed E-state index contributed by atoms with van der Waals surface area (Å²) in [4.78, 5) is 0.00712. The molecule has 0 radical (unpaired) electrons. The highest BCUT2D eigenvalue weighted by atomic mass is 35.5. The first-order valence-corrected chi connectivity index (χ1v) is 9.82. The zero-order chi connectivity index (χ0) is 19.6. The third-order valence-corrected chi connectivity index (χ3v) is 5.08. The van der Waals surface area contributed by atoms with E-state index in [2.05, 4.69) is 11.2 Å². The van der Waals surface area contributed by atoms with Gasteiger partial charge in [0, 0.05) is 22.3 Å². The van der Waals surface area contributed by atoms with Crippen LogP contribution >= 0.6 is 11.6 Å². The van der Waals surface area contributed by atoms with Crippen molar-refractivity contribution in [3.8, 4) is 28.5 Å². The number of hydrogen-bond acceptors (Lipinski definition) is 4. The summed E-state index contributed by atoms with van der Waals surface area (Å²) in [7, 11) is -3.79. The van der Waals surface area contributed by atoms with E-state index in [-0.39, 0.29) is 4.90 Å². The molecule has 3 rings (SSSR count). The van der Waals surface area contributed by atoms with Gasteiger partial charge in [0.2, 0.25) is 10.0 Å². The molecule has 6 nitrogen and oxygen atoms in total. The lowest BCUT2D eigenvalue weighted by atomic mass is 9.99. The standard InChI is InChI=1S/C19H15ClN4O2S/c1-2-11-24-17(12-21)18(13-3-7-15(20)8-4-13)19(23-24)14-5-9-16(10-6-14)27(22,25)26/h2-11H,1H3,(H2,22,25,26). The Hall–Kier alpha value is -2.92. The third kappa shape index (κ3) is 3.78. The van der Waals surface area contributed by atoms with Crippen LogP contribution in [0.25, 0.3) is 28.6 Å². The van der Waals surface area contributed by atoms with Crippen molar-refractivity contribution in [1.82, 2.24) is 9.78 Å². The fourth-order valence-corrected chi connectivity index (χ4v) is 3.33. The minimum Gasteiger partial charge on any atom is -0.229 e. The molecule has 0 saturated heterocycles. The lowest BCUT2D eigenvalue weighted by Gasteiger charge is -2.05. The van der Waals surface area contributed by atoms with Crippen LogP contribution in [0.5, 0.6) is 0 Å². The lowest BCUT2D eigenvalue weighted by Crippen LogP contribution is -2.11. The van der Waals surface area contributed by atoms with Crippen molar-refractivity contribution in [3.63, 3.8) is 0 Å². The summed E-state index contributed by atoms with van der Waals surface area (Å²) in [6.45, 7) is 1.82. The van der Waals surface area contributed by atoms with Crippen molar-refractivity contribution in [3.05, 3.63) is 65.3 Å². The highest BCUT2D eigenvalue weighted by Crippen LogP contribution is 2.35. The van der Waals surface area contributed by atoms with E-state index in [9.17, 15) is 13.7 Å². The van der Waals surface area contributed by atoms with Gasteiger partial charge in [-0.15, -0.1) is 0 Å². The van der Waals surface area contributed by atoms with E-state index < -0.39 is 10.0 Å². The Kier molecular flexibility index (Phi) is 5.15. The van der Waals surface area contributed by atoms with Gasteiger partial charge in [0.05, 0.1) is 4.90 Å². The van der Waals surface area contributed by atoms with Crippen molar-refractivity contribution in [1.29, 1.82) is 5.26 Å². The van der Waals surface area contributed by atoms with E-state index in [1.807, 2.05) is 19.1 Å². The molecule has 8 heteroatoms. The molecule has 0 amide bonds. The van der Waals surface area contributed by atoms with Crippen molar-refractivity contribution in [2.45, 2.75) is 11.8 Å². The van der Waals surface area contributed by atoms with Crippen LogP contribution in [0.4, 0.5) is 0 Å². The average molecular weight is 399 g/mol. The predicted octanol–water partition coefficient (Wildman–Crippen LogP) is 3.88. The van der Waals surface area contributed by atoms with Crippen molar-refractivity contribution >= 4 is 27.8 Å². The van der Waals surface area contributed by atoms with Crippen LogP contribution in [0.15, 0.2) is 59.5 Å². The molecule has 0 atom stereocenters. The van der Waals surface area contributed by atoms with Gasteiger partial charge in [0.1, 0.15) is 11.8 Å².